The van der Waals surface area contributed by atoms with Crippen molar-refractivity contribution in [1.29, 1.82) is 0 Å². The quantitative estimate of drug-likeness (QED) is 0.613. The third-order valence-electron chi connectivity index (χ3n) is 4.54. The van der Waals surface area contributed by atoms with Gasteiger partial charge in [-0.15, -0.1) is 0 Å². The van der Waals surface area contributed by atoms with E-state index in [0.717, 1.165) is 13.1 Å². The number of likely N-dealkylation sites (tertiary alicyclic amines) is 1. The van der Waals surface area contributed by atoms with Crippen molar-refractivity contribution < 1.29 is 9.72 Å². The van der Waals surface area contributed by atoms with Crippen molar-refractivity contribution in [2.24, 2.45) is 0 Å². The Morgan fingerprint density at radius 3 is 2.54 bits per heavy atom. The van der Waals surface area contributed by atoms with Crippen LogP contribution in [0.3, 0.4) is 0 Å². The van der Waals surface area contributed by atoms with E-state index in [2.05, 4.69) is 27.7 Å². The van der Waals surface area contributed by atoms with Crippen molar-refractivity contribution in [3.63, 3.8) is 0 Å². The average Bonchev–Trinajstić information content (AvgIpc) is 3.17. The number of hydrogen-bond acceptors (Lipinski definition) is 4. The Kier molecular flexibility index (Phi) is 5.80. The third-order valence-corrected chi connectivity index (χ3v) is 4.54. The van der Waals surface area contributed by atoms with E-state index in [-0.39, 0.29) is 17.8 Å². The van der Waals surface area contributed by atoms with Crippen molar-refractivity contribution in [2.45, 2.75) is 18.9 Å². The van der Waals surface area contributed by atoms with E-state index in [1.807, 2.05) is 18.2 Å². The second-order valence-electron chi connectivity index (χ2n) is 6.31. The topological polar surface area (TPSA) is 87.5 Å². The lowest BCUT2D eigenvalue weighted by Crippen LogP contribution is -2.38. The van der Waals surface area contributed by atoms with Crippen molar-refractivity contribution in [3.05, 3.63) is 70.3 Å². The van der Waals surface area contributed by atoms with Gasteiger partial charge in [0.05, 0.1) is 11.0 Å². The van der Waals surface area contributed by atoms with Crippen molar-refractivity contribution >= 4 is 17.4 Å². The lowest BCUT2D eigenvalue weighted by molar-refractivity contribution is -0.384. The van der Waals surface area contributed by atoms with Crippen LogP contribution < -0.4 is 10.6 Å². The Bertz CT molecular complexity index is 760. The summed E-state index contributed by atoms with van der Waals surface area (Å²) in [5, 5.41) is 16.4. The van der Waals surface area contributed by atoms with Crippen LogP contribution >= 0.6 is 0 Å². The molecule has 0 aliphatic carbocycles. The molecule has 7 heteroatoms. The number of carbonyl (C=O) groups excluding carboxylic acids is 1. The molecule has 2 amide bonds. The molecule has 1 aliphatic rings. The number of nitrogens with one attached hydrogen (secondary N) is 2. The number of carbonyl (C=O) groups is 1. The molecule has 26 heavy (non-hydrogen) atoms. The number of nitrogens with zero attached hydrogens (tertiary/aromatic N) is 2. The van der Waals surface area contributed by atoms with E-state index in [4.69, 9.17) is 0 Å². The van der Waals surface area contributed by atoms with E-state index in [0.29, 0.717) is 12.2 Å². The van der Waals surface area contributed by atoms with Gasteiger partial charge in [-0.3, -0.25) is 15.0 Å². The largest absolute Gasteiger partial charge is 0.336 e. The summed E-state index contributed by atoms with van der Waals surface area (Å²) in [6, 6.07) is 15.8. The molecular formula is C19H22N4O3. The van der Waals surface area contributed by atoms with Gasteiger partial charge in [0.2, 0.25) is 0 Å². The highest BCUT2D eigenvalue weighted by atomic mass is 16.6. The Balaban J connectivity index is 1.62. The number of nitro groups is 1. The first-order valence-corrected chi connectivity index (χ1v) is 8.72. The fourth-order valence-electron chi connectivity index (χ4n) is 3.25. The van der Waals surface area contributed by atoms with Gasteiger partial charge in [0.1, 0.15) is 0 Å². The number of benzene rings is 2. The summed E-state index contributed by atoms with van der Waals surface area (Å²) in [6.45, 7) is 2.52. The highest BCUT2D eigenvalue weighted by molar-refractivity contribution is 5.89. The number of non-ortho nitro benzene ring substituents is 1. The molecule has 0 saturated carbocycles. The van der Waals surface area contributed by atoms with Gasteiger partial charge >= 0.3 is 6.03 Å². The van der Waals surface area contributed by atoms with Gasteiger partial charge in [-0.25, -0.2) is 4.79 Å². The highest BCUT2D eigenvalue weighted by Crippen LogP contribution is 2.24. The van der Waals surface area contributed by atoms with Crippen LogP contribution in [0.1, 0.15) is 24.4 Å². The molecule has 1 unspecified atom stereocenters. The zero-order chi connectivity index (χ0) is 18.4. The maximum absolute atomic E-state index is 12.2. The standard InChI is InChI=1S/C19H22N4O3/c24-19(21-16-9-6-10-17(13-16)23(25)26)20-14-18(22-11-4-5-12-22)15-7-2-1-3-8-15/h1-3,6-10,13,18H,4-5,11-12,14H2,(H2,20,21,24). The predicted molar refractivity (Wildman–Crippen MR) is 100 cm³/mol. The Morgan fingerprint density at radius 2 is 1.85 bits per heavy atom. The fraction of sp³-hybridized carbons (Fsp3) is 0.316. The third kappa shape index (κ3) is 4.58. The molecular weight excluding hydrogens is 332 g/mol. The van der Waals surface area contributed by atoms with Gasteiger partial charge in [0.25, 0.3) is 5.69 Å². The number of hydrogen-bond donors (Lipinski definition) is 2. The maximum atomic E-state index is 12.2. The van der Waals surface area contributed by atoms with Crippen LogP contribution in [-0.4, -0.2) is 35.5 Å². The summed E-state index contributed by atoms with van der Waals surface area (Å²) in [5.74, 6) is 0. The normalized spacial score (nSPS) is 15.4. The first-order valence-electron chi connectivity index (χ1n) is 8.72. The number of urea groups is 1. The van der Waals surface area contributed by atoms with Gasteiger partial charge in [0.15, 0.2) is 0 Å². The molecule has 1 aliphatic heterocycles. The Labute approximate surface area is 152 Å². The number of nitro benzene ring substituents is 1. The van der Waals surface area contributed by atoms with Crippen molar-refractivity contribution in [2.75, 3.05) is 25.0 Å². The van der Waals surface area contributed by atoms with Crippen LogP contribution in [0.4, 0.5) is 16.2 Å². The van der Waals surface area contributed by atoms with Crippen LogP contribution in [0, 0.1) is 10.1 Å². The van der Waals surface area contributed by atoms with Gasteiger partial charge < -0.3 is 10.6 Å². The minimum atomic E-state index is -0.484. The molecule has 2 aromatic carbocycles. The van der Waals surface area contributed by atoms with Gasteiger partial charge in [-0.1, -0.05) is 36.4 Å². The molecule has 1 saturated heterocycles. The maximum Gasteiger partial charge on any atom is 0.319 e. The molecule has 0 aromatic heterocycles. The number of amides is 2. The Morgan fingerprint density at radius 1 is 1.12 bits per heavy atom. The number of anilines is 1. The monoisotopic (exact) mass is 354 g/mol. The molecule has 1 atom stereocenters. The molecule has 2 aromatic rings. The SMILES string of the molecule is O=C(NCC(c1ccccc1)N1CCCC1)Nc1cccc([N+](=O)[O-])c1. The molecule has 7 nitrogen and oxygen atoms in total. The molecule has 3 rings (SSSR count). The second kappa shape index (κ2) is 8.44. The molecule has 2 N–H and O–H groups in total. The molecule has 1 fully saturated rings. The Hall–Kier alpha value is -2.93. The van der Waals surface area contributed by atoms with Gasteiger partial charge in [-0.05, 0) is 37.6 Å². The number of rotatable bonds is 6. The summed E-state index contributed by atoms with van der Waals surface area (Å²) in [4.78, 5) is 25.0. The lowest BCUT2D eigenvalue weighted by atomic mass is 10.1. The van der Waals surface area contributed by atoms with Gasteiger partial charge in [-0.2, -0.15) is 0 Å². The molecule has 0 spiro atoms. The van der Waals surface area contributed by atoms with Gasteiger partial charge in [0, 0.05) is 24.4 Å². The average molecular weight is 354 g/mol. The minimum Gasteiger partial charge on any atom is -0.336 e. The van der Waals surface area contributed by atoms with Crippen LogP contribution in [0.2, 0.25) is 0 Å². The van der Waals surface area contributed by atoms with E-state index in [1.165, 1.54) is 30.5 Å². The zero-order valence-corrected chi connectivity index (χ0v) is 14.4. The molecule has 1 heterocycles. The van der Waals surface area contributed by atoms with E-state index in [1.54, 1.807) is 12.1 Å². The summed E-state index contributed by atoms with van der Waals surface area (Å²) in [7, 11) is 0. The van der Waals surface area contributed by atoms with E-state index in [9.17, 15) is 14.9 Å². The van der Waals surface area contributed by atoms with Crippen LogP contribution in [-0.2, 0) is 0 Å². The van der Waals surface area contributed by atoms with Crippen LogP contribution in [0.25, 0.3) is 0 Å². The molecule has 0 bridgehead atoms. The smallest absolute Gasteiger partial charge is 0.319 e. The summed E-state index contributed by atoms with van der Waals surface area (Å²) < 4.78 is 0. The van der Waals surface area contributed by atoms with E-state index >= 15 is 0 Å². The highest BCUT2D eigenvalue weighted by Gasteiger charge is 2.23. The minimum absolute atomic E-state index is 0.0537. The molecule has 0 radical (unpaired) electrons. The lowest BCUT2D eigenvalue weighted by Gasteiger charge is -2.28. The van der Waals surface area contributed by atoms with Crippen molar-refractivity contribution in [3.8, 4) is 0 Å². The first-order chi connectivity index (χ1) is 12.6. The first kappa shape index (κ1) is 17.9. The van der Waals surface area contributed by atoms with Crippen LogP contribution in [0.15, 0.2) is 54.6 Å². The van der Waals surface area contributed by atoms with Crippen LogP contribution in [0.5, 0.6) is 0 Å². The predicted octanol–water partition coefficient (Wildman–Crippen LogP) is 3.55. The zero-order valence-electron chi connectivity index (χ0n) is 14.4. The summed E-state index contributed by atoms with van der Waals surface area (Å²) >= 11 is 0. The summed E-state index contributed by atoms with van der Waals surface area (Å²) in [6.07, 6.45) is 2.34. The van der Waals surface area contributed by atoms with E-state index < -0.39 is 4.92 Å². The summed E-state index contributed by atoms with van der Waals surface area (Å²) in [5.41, 5.74) is 1.52. The molecule has 136 valence electrons. The fourth-order valence-corrected chi connectivity index (χ4v) is 3.25. The van der Waals surface area contributed by atoms with Crippen molar-refractivity contribution in [1.82, 2.24) is 10.2 Å². The second-order valence-corrected chi connectivity index (χ2v) is 6.31.